The average Bonchev–Trinajstić information content (AvgIpc) is 2.35. The lowest BCUT2D eigenvalue weighted by atomic mass is 9.85. The lowest BCUT2D eigenvalue weighted by molar-refractivity contribution is 0.0748. The summed E-state index contributed by atoms with van der Waals surface area (Å²) in [5, 5.41) is 0. The van der Waals surface area contributed by atoms with Crippen LogP contribution in [0.1, 0.15) is 23.2 Å². The van der Waals surface area contributed by atoms with Gasteiger partial charge in [-0.05, 0) is 37.0 Å². The minimum atomic E-state index is -0.508. The first-order valence-corrected chi connectivity index (χ1v) is 7.16. The zero-order chi connectivity index (χ0) is 14.0. The quantitative estimate of drug-likeness (QED) is 0.794. The average molecular weight is 330 g/mol. The minimum Gasteiger partial charge on any atom is -0.494 e. The van der Waals surface area contributed by atoms with Crippen LogP contribution in [0.5, 0.6) is 5.75 Å². The van der Waals surface area contributed by atoms with Gasteiger partial charge in [-0.3, -0.25) is 4.79 Å². The van der Waals surface area contributed by atoms with Crippen molar-refractivity contribution in [2.75, 3.05) is 20.7 Å². The zero-order valence-corrected chi connectivity index (χ0v) is 12.6. The van der Waals surface area contributed by atoms with E-state index in [0.29, 0.717) is 22.9 Å². The van der Waals surface area contributed by atoms with E-state index >= 15 is 0 Å². The van der Waals surface area contributed by atoms with Gasteiger partial charge in [0.05, 0.1) is 7.11 Å². The molecule has 1 aromatic carbocycles. The highest BCUT2D eigenvalue weighted by Crippen LogP contribution is 2.33. The van der Waals surface area contributed by atoms with Gasteiger partial charge in [0.25, 0.3) is 5.91 Å². The molecule has 0 spiro atoms. The Morgan fingerprint density at radius 2 is 2.21 bits per heavy atom. The van der Waals surface area contributed by atoms with Gasteiger partial charge in [0.15, 0.2) is 11.6 Å². The second-order valence-electron chi connectivity index (χ2n) is 4.97. The number of amides is 1. The maximum Gasteiger partial charge on any atom is 0.253 e. The van der Waals surface area contributed by atoms with Crippen LogP contribution in [0.4, 0.5) is 4.39 Å². The fraction of sp³-hybridized carbons (Fsp3) is 0.500. The van der Waals surface area contributed by atoms with Crippen molar-refractivity contribution in [2.24, 2.45) is 5.92 Å². The van der Waals surface area contributed by atoms with Gasteiger partial charge in [-0.15, -0.1) is 0 Å². The van der Waals surface area contributed by atoms with Gasteiger partial charge < -0.3 is 9.64 Å². The fourth-order valence-corrected chi connectivity index (χ4v) is 3.35. The Kier molecular flexibility index (Phi) is 4.45. The summed E-state index contributed by atoms with van der Waals surface area (Å²) >= 11 is 3.53. The molecule has 0 atom stereocenters. The maximum absolute atomic E-state index is 13.6. The van der Waals surface area contributed by atoms with Crippen LogP contribution in [0.3, 0.4) is 0 Å². The predicted molar refractivity (Wildman–Crippen MR) is 75.4 cm³/mol. The molecule has 0 bridgehead atoms. The maximum atomic E-state index is 13.6. The molecular weight excluding hydrogens is 313 g/mol. The monoisotopic (exact) mass is 329 g/mol. The lowest BCUT2D eigenvalue weighted by Crippen LogP contribution is -2.37. The molecule has 0 radical (unpaired) electrons. The highest BCUT2D eigenvalue weighted by atomic mass is 79.9. The van der Waals surface area contributed by atoms with Crippen molar-refractivity contribution in [2.45, 2.75) is 17.7 Å². The van der Waals surface area contributed by atoms with E-state index in [9.17, 15) is 9.18 Å². The summed E-state index contributed by atoms with van der Waals surface area (Å²) in [6.45, 7) is 0.717. The third-order valence-electron chi connectivity index (χ3n) is 3.46. The number of nitrogens with zero attached hydrogens (tertiary/aromatic N) is 1. The molecule has 3 nitrogen and oxygen atoms in total. The molecule has 1 aliphatic carbocycles. The van der Waals surface area contributed by atoms with Crippen molar-refractivity contribution >= 4 is 21.8 Å². The number of hydrogen-bond acceptors (Lipinski definition) is 2. The van der Waals surface area contributed by atoms with Gasteiger partial charge in [-0.2, -0.15) is 0 Å². The van der Waals surface area contributed by atoms with Crippen LogP contribution in [0.25, 0.3) is 0 Å². The molecule has 0 N–H and O–H groups in total. The molecule has 1 aliphatic rings. The molecule has 1 fully saturated rings. The van der Waals surface area contributed by atoms with Crippen LogP contribution < -0.4 is 4.74 Å². The summed E-state index contributed by atoms with van der Waals surface area (Å²) in [6.07, 6.45) is 2.18. The lowest BCUT2D eigenvalue weighted by Gasteiger charge is -2.34. The number of rotatable bonds is 4. The third kappa shape index (κ3) is 3.26. The van der Waals surface area contributed by atoms with E-state index in [4.69, 9.17) is 4.74 Å². The first-order valence-electron chi connectivity index (χ1n) is 6.24. The first kappa shape index (κ1) is 14.3. The highest BCUT2D eigenvalue weighted by Gasteiger charge is 2.29. The third-order valence-corrected chi connectivity index (χ3v) is 4.20. The standard InChI is InChI=1S/C14H17BrFNO2/c1-17(8-9-5-11(15)6-9)14(18)10-3-4-13(19-2)12(16)7-10/h3-4,7,9,11H,5-6,8H2,1-2H3. The predicted octanol–water partition coefficient (Wildman–Crippen LogP) is 3.08. The SMILES string of the molecule is COc1ccc(C(=O)N(C)CC2CC(Br)C2)cc1F. The van der Waals surface area contributed by atoms with Crippen molar-refractivity contribution in [1.82, 2.24) is 4.90 Å². The van der Waals surface area contributed by atoms with Crippen LogP contribution in [-0.4, -0.2) is 36.3 Å². The Balaban J connectivity index is 2.00. The van der Waals surface area contributed by atoms with Crippen molar-refractivity contribution in [1.29, 1.82) is 0 Å². The van der Waals surface area contributed by atoms with Gasteiger partial charge in [0.2, 0.25) is 0 Å². The second-order valence-corrected chi connectivity index (χ2v) is 6.26. The summed E-state index contributed by atoms with van der Waals surface area (Å²) in [5.41, 5.74) is 0.357. The van der Waals surface area contributed by atoms with E-state index in [0.717, 1.165) is 12.8 Å². The smallest absolute Gasteiger partial charge is 0.253 e. The van der Waals surface area contributed by atoms with E-state index in [1.165, 1.54) is 19.2 Å². The summed E-state index contributed by atoms with van der Waals surface area (Å²) in [6, 6.07) is 4.30. The minimum absolute atomic E-state index is 0.153. The van der Waals surface area contributed by atoms with Gasteiger partial charge in [-0.1, -0.05) is 15.9 Å². The summed E-state index contributed by atoms with van der Waals surface area (Å²) in [7, 11) is 3.16. The Morgan fingerprint density at radius 3 is 2.74 bits per heavy atom. The van der Waals surface area contributed by atoms with Crippen LogP contribution >= 0.6 is 15.9 Å². The first-order chi connectivity index (χ1) is 9.01. The van der Waals surface area contributed by atoms with Gasteiger partial charge >= 0.3 is 0 Å². The number of carbonyl (C=O) groups is 1. The molecule has 1 amide bonds. The van der Waals surface area contributed by atoms with Gasteiger partial charge in [-0.25, -0.2) is 4.39 Å². The van der Waals surface area contributed by atoms with E-state index < -0.39 is 5.82 Å². The molecule has 5 heteroatoms. The van der Waals surface area contributed by atoms with E-state index in [1.54, 1.807) is 18.0 Å². The Labute approximate surface area is 120 Å². The van der Waals surface area contributed by atoms with Gasteiger partial charge in [0.1, 0.15) is 0 Å². The molecule has 19 heavy (non-hydrogen) atoms. The van der Waals surface area contributed by atoms with Crippen molar-refractivity contribution < 1.29 is 13.9 Å². The molecule has 0 heterocycles. The molecule has 0 saturated heterocycles. The summed E-state index contributed by atoms with van der Waals surface area (Å²) in [5.74, 6) is 0.0345. The molecule has 1 aromatic rings. The summed E-state index contributed by atoms with van der Waals surface area (Å²) in [4.78, 5) is 14.4. The number of methoxy groups -OCH3 is 1. The molecular formula is C14H17BrFNO2. The van der Waals surface area contributed by atoms with Crippen LogP contribution in [0.2, 0.25) is 0 Å². The number of hydrogen-bond donors (Lipinski definition) is 0. The molecule has 104 valence electrons. The van der Waals surface area contributed by atoms with Crippen molar-refractivity contribution in [3.63, 3.8) is 0 Å². The normalized spacial score (nSPS) is 21.7. The van der Waals surface area contributed by atoms with E-state index in [-0.39, 0.29) is 11.7 Å². The Hall–Kier alpha value is -1.10. The number of carbonyl (C=O) groups excluding carboxylic acids is 1. The number of alkyl halides is 1. The van der Waals surface area contributed by atoms with Crippen LogP contribution in [0.15, 0.2) is 18.2 Å². The van der Waals surface area contributed by atoms with Crippen LogP contribution in [-0.2, 0) is 0 Å². The van der Waals surface area contributed by atoms with Crippen molar-refractivity contribution in [3.8, 4) is 5.75 Å². The van der Waals surface area contributed by atoms with E-state index in [1.807, 2.05) is 0 Å². The molecule has 1 saturated carbocycles. The molecule has 0 aliphatic heterocycles. The fourth-order valence-electron chi connectivity index (χ4n) is 2.29. The largest absolute Gasteiger partial charge is 0.494 e. The Morgan fingerprint density at radius 1 is 1.53 bits per heavy atom. The molecule has 0 unspecified atom stereocenters. The number of halogens is 2. The highest BCUT2D eigenvalue weighted by molar-refractivity contribution is 9.09. The zero-order valence-electron chi connectivity index (χ0n) is 11.0. The second kappa shape index (κ2) is 5.90. The molecule has 2 rings (SSSR count). The van der Waals surface area contributed by atoms with E-state index in [2.05, 4.69) is 15.9 Å². The summed E-state index contributed by atoms with van der Waals surface area (Å²) < 4.78 is 18.4. The molecule has 0 aromatic heterocycles. The van der Waals surface area contributed by atoms with Crippen LogP contribution in [0, 0.1) is 11.7 Å². The van der Waals surface area contributed by atoms with Crippen molar-refractivity contribution in [3.05, 3.63) is 29.6 Å². The number of ether oxygens (including phenoxy) is 1. The Bertz CT molecular complexity index is 475. The number of benzene rings is 1. The topological polar surface area (TPSA) is 29.5 Å². The van der Waals surface area contributed by atoms with Gasteiger partial charge in [0, 0.05) is 24.0 Å².